The maximum Gasteiger partial charge on any atom is 0.190 e. The summed E-state index contributed by atoms with van der Waals surface area (Å²) in [6.45, 7) is 0. The van der Waals surface area contributed by atoms with E-state index < -0.39 is 0 Å². The molecule has 0 aromatic rings. The van der Waals surface area contributed by atoms with Crippen LogP contribution in [0.5, 0.6) is 0 Å². The molecule has 0 bridgehead atoms. The third kappa shape index (κ3) is 1.05. The molecule has 0 aliphatic carbocycles. The van der Waals surface area contributed by atoms with Crippen molar-refractivity contribution in [1.29, 1.82) is 0 Å². The molecule has 1 heterocycles. The highest BCUT2D eigenvalue weighted by atomic mass is 32.2. The van der Waals surface area contributed by atoms with Gasteiger partial charge in [-0.1, -0.05) is 11.8 Å². The highest BCUT2D eigenvalue weighted by molar-refractivity contribution is 8.14. The lowest BCUT2D eigenvalue weighted by Crippen LogP contribution is -1.91. The van der Waals surface area contributed by atoms with Crippen molar-refractivity contribution in [2.75, 3.05) is 5.75 Å². The quantitative estimate of drug-likeness (QED) is 0.448. The molecule has 1 unspecified atom stereocenters. The van der Waals surface area contributed by atoms with Crippen molar-refractivity contribution < 1.29 is 4.79 Å². The summed E-state index contributed by atoms with van der Waals surface area (Å²) in [7, 11) is 0. The normalized spacial score (nSPS) is 27.9. The Morgan fingerprint density at radius 3 is 2.88 bits per heavy atom. The third-order valence-electron chi connectivity index (χ3n) is 1.09. The van der Waals surface area contributed by atoms with Crippen LogP contribution in [-0.2, 0) is 4.79 Å². The molecule has 2 heteroatoms. The Morgan fingerprint density at radius 2 is 2.62 bits per heavy atom. The fourth-order valence-electron chi connectivity index (χ4n) is 0.620. The highest BCUT2D eigenvalue weighted by Gasteiger charge is 2.19. The molecule has 0 amide bonds. The van der Waals surface area contributed by atoms with Gasteiger partial charge in [-0.2, -0.15) is 0 Å². The Bertz CT molecular complexity index is 145. The lowest BCUT2D eigenvalue weighted by Gasteiger charge is -1.88. The number of thioether (sulfide) groups is 1. The second-order valence-corrected chi connectivity index (χ2v) is 2.83. The van der Waals surface area contributed by atoms with Crippen LogP contribution in [0.15, 0.2) is 0 Å². The van der Waals surface area contributed by atoms with Gasteiger partial charge >= 0.3 is 0 Å². The monoisotopic (exact) mass is 126 g/mol. The van der Waals surface area contributed by atoms with Crippen LogP contribution in [0, 0.1) is 18.3 Å². The lowest BCUT2D eigenvalue weighted by molar-refractivity contribution is -0.110. The molecule has 1 rings (SSSR count). The van der Waals surface area contributed by atoms with Crippen LogP contribution < -0.4 is 0 Å². The molecule has 0 radical (unpaired) electrons. The van der Waals surface area contributed by atoms with E-state index in [1.54, 1.807) is 0 Å². The molecule has 1 aliphatic rings. The van der Waals surface area contributed by atoms with Gasteiger partial charge in [0, 0.05) is 18.1 Å². The summed E-state index contributed by atoms with van der Waals surface area (Å²) in [4.78, 5) is 10.5. The summed E-state index contributed by atoms with van der Waals surface area (Å²) < 4.78 is 0. The van der Waals surface area contributed by atoms with Crippen LogP contribution in [-0.4, -0.2) is 10.9 Å². The average Bonchev–Trinajstić information content (AvgIpc) is 2.14. The van der Waals surface area contributed by atoms with Gasteiger partial charge in [0.1, 0.15) is 0 Å². The minimum Gasteiger partial charge on any atom is -0.287 e. The maximum absolute atomic E-state index is 10.5. The van der Waals surface area contributed by atoms with Gasteiger partial charge in [0.15, 0.2) is 5.12 Å². The van der Waals surface area contributed by atoms with Gasteiger partial charge in [0.05, 0.1) is 0 Å². The number of terminal acetylenes is 1. The largest absolute Gasteiger partial charge is 0.287 e. The number of hydrogen-bond donors (Lipinski definition) is 0. The Kier molecular flexibility index (Phi) is 1.59. The van der Waals surface area contributed by atoms with Crippen molar-refractivity contribution in [3.63, 3.8) is 0 Å². The van der Waals surface area contributed by atoms with E-state index in [-0.39, 0.29) is 11.0 Å². The van der Waals surface area contributed by atoms with Gasteiger partial charge in [0.25, 0.3) is 0 Å². The number of rotatable bonds is 0. The topological polar surface area (TPSA) is 17.1 Å². The lowest BCUT2D eigenvalue weighted by atomic mass is 10.1. The molecular formula is C6H6OS. The van der Waals surface area contributed by atoms with E-state index in [1.165, 1.54) is 11.8 Å². The van der Waals surface area contributed by atoms with E-state index >= 15 is 0 Å². The zero-order valence-electron chi connectivity index (χ0n) is 4.39. The Hall–Kier alpha value is -0.420. The van der Waals surface area contributed by atoms with Crippen LogP contribution in [0.3, 0.4) is 0 Å². The molecule has 1 nitrogen and oxygen atoms in total. The van der Waals surface area contributed by atoms with Crippen LogP contribution in [0.1, 0.15) is 6.42 Å². The number of hydrogen-bond acceptors (Lipinski definition) is 2. The first-order chi connectivity index (χ1) is 3.83. The van der Waals surface area contributed by atoms with Crippen LogP contribution in [0.25, 0.3) is 0 Å². The van der Waals surface area contributed by atoms with Crippen LogP contribution >= 0.6 is 11.8 Å². The summed E-state index contributed by atoms with van der Waals surface area (Å²) in [5.41, 5.74) is 0. The zero-order chi connectivity index (χ0) is 5.98. The molecule has 1 aliphatic heterocycles. The second kappa shape index (κ2) is 2.23. The molecule has 8 heavy (non-hydrogen) atoms. The van der Waals surface area contributed by atoms with E-state index in [1.807, 2.05) is 0 Å². The molecule has 0 spiro atoms. The van der Waals surface area contributed by atoms with E-state index in [0.717, 1.165) is 5.75 Å². The van der Waals surface area contributed by atoms with Crippen molar-refractivity contribution >= 4 is 16.9 Å². The molecule has 1 atom stereocenters. The van der Waals surface area contributed by atoms with Crippen LogP contribution in [0.2, 0.25) is 0 Å². The van der Waals surface area contributed by atoms with Crippen LogP contribution in [0.4, 0.5) is 0 Å². The minimum atomic E-state index is 0.215. The Labute approximate surface area is 52.8 Å². The van der Waals surface area contributed by atoms with E-state index in [2.05, 4.69) is 5.92 Å². The fourth-order valence-corrected chi connectivity index (χ4v) is 1.54. The standard InChI is InChI=1S/C6H6OS/c1-2-5-3-6(7)8-4-5/h1,5H,3-4H2. The summed E-state index contributed by atoms with van der Waals surface area (Å²) in [6, 6.07) is 0. The maximum atomic E-state index is 10.5. The van der Waals surface area contributed by atoms with E-state index in [4.69, 9.17) is 6.42 Å². The Balaban J connectivity index is 2.47. The summed E-state index contributed by atoms with van der Waals surface area (Å²) in [5.74, 6) is 3.60. The SMILES string of the molecule is C#CC1CSC(=O)C1. The average molecular weight is 126 g/mol. The fraction of sp³-hybridized carbons (Fsp3) is 0.500. The molecule has 1 saturated heterocycles. The van der Waals surface area contributed by atoms with Crippen molar-refractivity contribution in [3.8, 4) is 12.3 Å². The van der Waals surface area contributed by atoms with Gasteiger partial charge in [-0.3, -0.25) is 4.79 Å². The first-order valence-electron chi connectivity index (χ1n) is 2.44. The molecule has 0 saturated carbocycles. The second-order valence-electron chi connectivity index (χ2n) is 1.75. The number of carbonyl (C=O) groups excluding carboxylic acids is 1. The van der Waals surface area contributed by atoms with Crippen molar-refractivity contribution in [3.05, 3.63) is 0 Å². The van der Waals surface area contributed by atoms with E-state index in [9.17, 15) is 4.79 Å². The third-order valence-corrected chi connectivity index (χ3v) is 2.15. The molecule has 1 fully saturated rings. The highest BCUT2D eigenvalue weighted by Crippen LogP contribution is 2.23. The zero-order valence-corrected chi connectivity index (χ0v) is 5.20. The van der Waals surface area contributed by atoms with E-state index in [0.29, 0.717) is 6.42 Å². The molecule has 0 N–H and O–H groups in total. The molecule has 42 valence electrons. The smallest absolute Gasteiger partial charge is 0.190 e. The van der Waals surface area contributed by atoms with Crippen molar-refractivity contribution in [1.82, 2.24) is 0 Å². The van der Waals surface area contributed by atoms with Crippen molar-refractivity contribution in [2.45, 2.75) is 6.42 Å². The number of carbonyl (C=O) groups is 1. The summed E-state index contributed by atoms with van der Waals surface area (Å²) in [6.07, 6.45) is 5.66. The Morgan fingerprint density at radius 1 is 1.88 bits per heavy atom. The molecule has 0 aromatic heterocycles. The van der Waals surface area contributed by atoms with Gasteiger partial charge in [-0.25, -0.2) is 0 Å². The summed E-state index contributed by atoms with van der Waals surface area (Å²) in [5, 5.41) is 0.243. The predicted molar refractivity (Wildman–Crippen MR) is 34.4 cm³/mol. The minimum absolute atomic E-state index is 0.215. The first-order valence-corrected chi connectivity index (χ1v) is 3.43. The van der Waals surface area contributed by atoms with Gasteiger partial charge in [0.2, 0.25) is 0 Å². The van der Waals surface area contributed by atoms with Gasteiger partial charge < -0.3 is 0 Å². The molecule has 0 aromatic carbocycles. The molecular weight excluding hydrogens is 120 g/mol. The van der Waals surface area contributed by atoms with Gasteiger partial charge in [-0.05, 0) is 0 Å². The predicted octanol–water partition coefficient (Wildman–Crippen LogP) is 0.899. The van der Waals surface area contributed by atoms with Crippen molar-refractivity contribution in [2.24, 2.45) is 5.92 Å². The first kappa shape index (κ1) is 5.71. The van der Waals surface area contributed by atoms with Gasteiger partial charge in [-0.15, -0.1) is 12.3 Å². The summed E-state index contributed by atoms with van der Waals surface area (Å²) >= 11 is 1.35.